The quantitative estimate of drug-likeness (QED) is 0.868. The zero-order chi connectivity index (χ0) is 12.4. The summed E-state index contributed by atoms with van der Waals surface area (Å²) in [6.07, 6.45) is 4.62. The van der Waals surface area contributed by atoms with Gasteiger partial charge in [-0.1, -0.05) is 0 Å². The molecule has 1 aliphatic heterocycles. The van der Waals surface area contributed by atoms with Crippen molar-refractivity contribution in [1.29, 1.82) is 0 Å². The summed E-state index contributed by atoms with van der Waals surface area (Å²) in [7, 11) is 2.21. The van der Waals surface area contributed by atoms with Crippen LogP contribution in [0.1, 0.15) is 12.8 Å². The van der Waals surface area contributed by atoms with Crippen LogP contribution in [0.2, 0.25) is 0 Å². The second-order valence-corrected chi connectivity index (χ2v) is 5.41. The second kappa shape index (κ2) is 5.02. The molecule has 1 saturated heterocycles. The van der Waals surface area contributed by atoms with E-state index >= 15 is 0 Å². The van der Waals surface area contributed by atoms with E-state index in [2.05, 4.69) is 46.5 Å². The van der Waals surface area contributed by atoms with Gasteiger partial charge in [0.1, 0.15) is 0 Å². The lowest BCUT2D eigenvalue weighted by atomic mass is 9.97. The van der Waals surface area contributed by atoms with Gasteiger partial charge in [0, 0.05) is 29.3 Å². The molecule has 3 rings (SSSR count). The lowest BCUT2D eigenvalue weighted by Crippen LogP contribution is -2.32. The number of nitrogens with one attached hydrogen (secondary N) is 2. The topological polar surface area (TPSA) is 31.1 Å². The van der Waals surface area contributed by atoms with Gasteiger partial charge in [0.25, 0.3) is 0 Å². The number of aromatic nitrogens is 1. The Hall–Kier alpha value is -1.48. The summed E-state index contributed by atoms with van der Waals surface area (Å²) in [5.74, 6) is 0.822. The van der Waals surface area contributed by atoms with Crippen LogP contribution in [-0.2, 0) is 0 Å². The van der Waals surface area contributed by atoms with Crippen LogP contribution in [0.3, 0.4) is 0 Å². The Bertz CT molecular complexity index is 509. The third-order valence-corrected chi connectivity index (χ3v) is 3.99. The van der Waals surface area contributed by atoms with Crippen LogP contribution in [0.5, 0.6) is 0 Å². The Morgan fingerprint density at radius 2 is 2.11 bits per heavy atom. The zero-order valence-corrected chi connectivity index (χ0v) is 10.9. The maximum atomic E-state index is 3.58. The molecule has 0 bridgehead atoms. The molecule has 0 unspecified atom stereocenters. The molecular weight excluding hydrogens is 222 g/mol. The maximum absolute atomic E-state index is 3.58. The van der Waals surface area contributed by atoms with Crippen LogP contribution in [-0.4, -0.2) is 36.6 Å². The average molecular weight is 243 g/mol. The van der Waals surface area contributed by atoms with Crippen molar-refractivity contribution >= 4 is 16.6 Å². The summed E-state index contributed by atoms with van der Waals surface area (Å²) in [5, 5.41) is 4.86. The number of piperidine rings is 1. The van der Waals surface area contributed by atoms with Gasteiger partial charge in [-0.3, -0.25) is 0 Å². The number of nitrogens with zero attached hydrogens (tertiary/aromatic N) is 1. The molecule has 0 atom stereocenters. The third-order valence-electron chi connectivity index (χ3n) is 3.99. The Kier molecular flexibility index (Phi) is 3.24. The minimum absolute atomic E-state index is 0.822. The van der Waals surface area contributed by atoms with Gasteiger partial charge >= 0.3 is 0 Å². The van der Waals surface area contributed by atoms with Gasteiger partial charge in [-0.25, -0.2) is 0 Å². The number of H-pyrrole nitrogens is 1. The standard InChI is InChI=1S/C15H21N3/c1-18-8-5-12(6-9-18)11-17-14-2-3-15-13(10-14)4-7-16-15/h2-4,7,10,12,16-17H,5-6,8-9,11H2,1H3. The highest BCUT2D eigenvalue weighted by Crippen LogP contribution is 2.20. The predicted octanol–water partition coefficient (Wildman–Crippen LogP) is 2.92. The van der Waals surface area contributed by atoms with E-state index in [-0.39, 0.29) is 0 Å². The Balaban J connectivity index is 1.59. The summed E-state index contributed by atoms with van der Waals surface area (Å²) < 4.78 is 0. The fraction of sp³-hybridized carbons (Fsp3) is 0.467. The summed E-state index contributed by atoms with van der Waals surface area (Å²) in [6, 6.07) is 8.65. The molecule has 3 heteroatoms. The fourth-order valence-corrected chi connectivity index (χ4v) is 2.69. The predicted molar refractivity (Wildman–Crippen MR) is 77.0 cm³/mol. The Labute approximate surface area is 108 Å². The van der Waals surface area contributed by atoms with Gasteiger partial charge in [0.05, 0.1) is 0 Å². The van der Waals surface area contributed by atoms with Gasteiger partial charge in [0.2, 0.25) is 0 Å². The smallest absolute Gasteiger partial charge is 0.0455 e. The molecule has 0 radical (unpaired) electrons. The first kappa shape index (κ1) is 11.6. The molecule has 1 aliphatic rings. The molecule has 0 spiro atoms. The first-order valence-corrected chi connectivity index (χ1v) is 6.81. The van der Waals surface area contributed by atoms with Crippen LogP contribution in [0.25, 0.3) is 10.9 Å². The van der Waals surface area contributed by atoms with Gasteiger partial charge in [-0.15, -0.1) is 0 Å². The lowest BCUT2D eigenvalue weighted by Gasteiger charge is -2.29. The van der Waals surface area contributed by atoms with E-state index in [0.717, 1.165) is 12.5 Å². The van der Waals surface area contributed by atoms with Gasteiger partial charge < -0.3 is 15.2 Å². The molecule has 0 saturated carbocycles. The van der Waals surface area contributed by atoms with E-state index in [0.29, 0.717) is 0 Å². The minimum Gasteiger partial charge on any atom is -0.385 e. The summed E-state index contributed by atoms with van der Waals surface area (Å²) in [5.41, 5.74) is 2.45. The van der Waals surface area contributed by atoms with Crippen LogP contribution in [0.15, 0.2) is 30.5 Å². The van der Waals surface area contributed by atoms with Crippen molar-refractivity contribution in [3.8, 4) is 0 Å². The number of hydrogen-bond acceptors (Lipinski definition) is 2. The van der Waals surface area contributed by atoms with E-state index in [9.17, 15) is 0 Å². The monoisotopic (exact) mass is 243 g/mol. The van der Waals surface area contributed by atoms with Crippen molar-refractivity contribution in [1.82, 2.24) is 9.88 Å². The maximum Gasteiger partial charge on any atom is 0.0455 e. The van der Waals surface area contributed by atoms with Crippen LogP contribution < -0.4 is 5.32 Å². The van der Waals surface area contributed by atoms with Gasteiger partial charge in [-0.05, 0) is 63.2 Å². The first-order chi connectivity index (χ1) is 8.81. The van der Waals surface area contributed by atoms with Crippen molar-refractivity contribution in [3.63, 3.8) is 0 Å². The molecule has 96 valence electrons. The van der Waals surface area contributed by atoms with E-state index in [1.54, 1.807) is 0 Å². The molecule has 3 nitrogen and oxygen atoms in total. The first-order valence-electron chi connectivity index (χ1n) is 6.81. The molecule has 2 aromatic rings. The van der Waals surface area contributed by atoms with Crippen molar-refractivity contribution in [2.75, 3.05) is 32.0 Å². The normalized spacial score (nSPS) is 18.3. The number of aromatic amines is 1. The summed E-state index contributed by atoms with van der Waals surface area (Å²) >= 11 is 0. The van der Waals surface area contributed by atoms with Crippen molar-refractivity contribution in [2.24, 2.45) is 5.92 Å². The number of benzene rings is 1. The Morgan fingerprint density at radius 3 is 2.94 bits per heavy atom. The molecule has 1 fully saturated rings. The van der Waals surface area contributed by atoms with Crippen molar-refractivity contribution in [3.05, 3.63) is 30.5 Å². The molecule has 1 aromatic carbocycles. The number of fused-ring (bicyclic) bond motifs is 1. The van der Waals surface area contributed by atoms with Gasteiger partial charge in [-0.2, -0.15) is 0 Å². The van der Waals surface area contributed by atoms with Crippen molar-refractivity contribution in [2.45, 2.75) is 12.8 Å². The fourth-order valence-electron chi connectivity index (χ4n) is 2.69. The molecular formula is C15H21N3. The molecule has 0 amide bonds. The average Bonchev–Trinajstić information content (AvgIpc) is 2.85. The number of rotatable bonds is 3. The van der Waals surface area contributed by atoms with E-state index in [1.807, 2.05) is 6.20 Å². The van der Waals surface area contributed by atoms with Crippen LogP contribution in [0, 0.1) is 5.92 Å². The summed E-state index contributed by atoms with van der Waals surface area (Å²) in [4.78, 5) is 5.64. The van der Waals surface area contributed by atoms with E-state index < -0.39 is 0 Å². The third kappa shape index (κ3) is 2.51. The van der Waals surface area contributed by atoms with Gasteiger partial charge in [0.15, 0.2) is 0 Å². The highest BCUT2D eigenvalue weighted by molar-refractivity contribution is 5.82. The molecule has 2 N–H and O–H groups in total. The second-order valence-electron chi connectivity index (χ2n) is 5.41. The van der Waals surface area contributed by atoms with Crippen LogP contribution >= 0.6 is 0 Å². The van der Waals surface area contributed by atoms with Crippen molar-refractivity contribution < 1.29 is 0 Å². The lowest BCUT2D eigenvalue weighted by molar-refractivity contribution is 0.226. The molecule has 18 heavy (non-hydrogen) atoms. The number of anilines is 1. The number of hydrogen-bond donors (Lipinski definition) is 2. The van der Waals surface area contributed by atoms with Crippen LogP contribution in [0.4, 0.5) is 5.69 Å². The molecule has 1 aromatic heterocycles. The molecule has 0 aliphatic carbocycles. The highest BCUT2D eigenvalue weighted by Gasteiger charge is 2.16. The minimum atomic E-state index is 0.822. The Morgan fingerprint density at radius 1 is 1.28 bits per heavy atom. The molecule has 2 heterocycles. The highest BCUT2D eigenvalue weighted by atomic mass is 15.1. The SMILES string of the molecule is CN1CCC(CNc2ccc3[nH]ccc3c2)CC1. The largest absolute Gasteiger partial charge is 0.385 e. The van der Waals surface area contributed by atoms with E-state index in [1.165, 1.54) is 42.5 Å². The van der Waals surface area contributed by atoms with E-state index in [4.69, 9.17) is 0 Å². The zero-order valence-electron chi connectivity index (χ0n) is 10.9. The number of likely N-dealkylation sites (tertiary alicyclic amines) is 1. The summed E-state index contributed by atoms with van der Waals surface area (Å²) in [6.45, 7) is 3.58.